The molecule has 3 heteroatoms. The molecule has 0 aliphatic heterocycles. The van der Waals surface area contributed by atoms with E-state index >= 15 is 0 Å². The molecule has 0 heterocycles. The van der Waals surface area contributed by atoms with Crippen LogP contribution in [0.1, 0.15) is 23.7 Å². The summed E-state index contributed by atoms with van der Waals surface area (Å²) < 4.78 is 0. The van der Waals surface area contributed by atoms with E-state index in [2.05, 4.69) is 0 Å². The summed E-state index contributed by atoms with van der Waals surface area (Å²) in [7, 11) is 0. The highest BCUT2D eigenvalue weighted by Crippen LogP contribution is 2.32. The van der Waals surface area contributed by atoms with Gasteiger partial charge in [0.25, 0.3) is 0 Å². The number of benzene rings is 1. The average molecular weight is 192 g/mol. The lowest BCUT2D eigenvalue weighted by Crippen LogP contribution is -2.24. The molecule has 0 radical (unpaired) electrons. The first-order valence-electron chi connectivity index (χ1n) is 4.67. The van der Waals surface area contributed by atoms with Crippen molar-refractivity contribution in [2.45, 2.75) is 18.9 Å². The first-order chi connectivity index (χ1) is 6.68. The second-order valence-electron chi connectivity index (χ2n) is 3.69. The number of carboxylic acid groups (broad SMARTS) is 1. The molecule has 0 unspecified atom stereocenters. The van der Waals surface area contributed by atoms with Crippen LogP contribution < -0.4 is 0 Å². The zero-order valence-corrected chi connectivity index (χ0v) is 7.68. The zero-order valence-electron chi connectivity index (χ0n) is 7.68. The van der Waals surface area contributed by atoms with E-state index in [1.54, 1.807) is 0 Å². The van der Waals surface area contributed by atoms with Crippen LogP contribution in [0.4, 0.5) is 0 Å². The number of fused-ring (bicyclic) bond motifs is 1. The first-order valence-corrected chi connectivity index (χ1v) is 4.67. The summed E-state index contributed by atoms with van der Waals surface area (Å²) in [5.41, 5.74) is 1.84. The third kappa shape index (κ3) is 1.51. The summed E-state index contributed by atoms with van der Waals surface area (Å²) in [5, 5.41) is 18.6. The molecule has 0 saturated carbocycles. The van der Waals surface area contributed by atoms with E-state index in [-0.39, 0.29) is 0 Å². The molecule has 0 spiro atoms. The van der Waals surface area contributed by atoms with Crippen LogP contribution >= 0.6 is 0 Å². The second-order valence-corrected chi connectivity index (χ2v) is 3.69. The highest BCUT2D eigenvalue weighted by atomic mass is 16.4. The van der Waals surface area contributed by atoms with Gasteiger partial charge in [-0.2, -0.15) is 0 Å². The average Bonchev–Trinajstić information content (AvgIpc) is 2.17. The minimum atomic E-state index is -0.821. The van der Waals surface area contributed by atoms with Crippen LogP contribution in [-0.4, -0.2) is 16.2 Å². The summed E-state index contributed by atoms with van der Waals surface area (Å²) in [5.74, 6) is -1.27. The third-order valence-electron chi connectivity index (χ3n) is 2.74. The summed E-state index contributed by atoms with van der Waals surface area (Å²) in [4.78, 5) is 10.8. The number of carboxylic acids is 1. The smallest absolute Gasteiger partial charge is 0.306 e. The topological polar surface area (TPSA) is 57.5 Å². The number of hydrogen-bond acceptors (Lipinski definition) is 2. The quantitative estimate of drug-likeness (QED) is 0.706. The van der Waals surface area contributed by atoms with E-state index in [1.807, 2.05) is 24.3 Å². The standard InChI is InChI=1S/C11H12O3/c12-10-6-8(11(13)14)5-7-3-1-2-4-9(7)10/h1-4,8,10,12H,5-6H2,(H,13,14)/t8-,10+/m0/s1. The van der Waals surface area contributed by atoms with E-state index in [0.29, 0.717) is 12.8 Å². The molecule has 0 bridgehead atoms. The van der Waals surface area contributed by atoms with Crippen LogP contribution in [-0.2, 0) is 11.2 Å². The van der Waals surface area contributed by atoms with Crippen molar-refractivity contribution < 1.29 is 15.0 Å². The summed E-state index contributed by atoms with van der Waals surface area (Å²) in [6.07, 6.45) is 0.232. The van der Waals surface area contributed by atoms with Crippen molar-refractivity contribution in [3.8, 4) is 0 Å². The van der Waals surface area contributed by atoms with Gasteiger partial charge in [-0.3, -0.25) is 4.79 Å². The number of aliphatic hydroxyl groups is 1. The number of hydrogen-bond donors (Lipinski definition) is 2. The van der Waals surface area contributed by atoms with Crippen molar-refractivity contribution in [2.75, 3.05) is 0 Å². The molecular formula is C11H12O3. The van der Waals surface area contributed by atoms with E-state index < -0.39 is 18.0 Å². The lowest BCUT2D eigenvalue weighted by Gasteiger charge is -2.25. The fourth-order valence-electron chi connectivity index (χ4n) is 1.98. The van der Waals surface area contributed by atoms with Gasteiger partial charge in [-0.25, -0.2) is 0 Å². The fourth-order valence-corrected chi connectivity index (χ4v) is 1.98. The van der Waals surface area contributed by atoms with Gasteiger partial charge < -0.3 is 10.2 Å². The monoisotopic (exact) mass is 192 g/mol. The molecule has 2 atom stereocenters. The van der Waals surface area contributed by atoms with Crippen LogP contribution in [0.15, 0.2) is 24.3 Å². The predicted octanol–water partition coefficient (Wildman–Crippen LogP) is 1.37. The molecule has 0 saturated heterocycles. The normalized spacial score (nSPS) is 25.5. The Hall–Kier alpha value is -1.35. The van der Waals surface area contributed by atoms with Crippen molar-refractivity contribution >= 4 is 5.97 Å². The largest absolute Gasteiger partial charge is 0.481 e. The summed E-state index contributed by atoms with van der Waals surface area (Å²) in [6, 6.07) is 7.48. The van der Waals surface area contributed by atoms with Crippen molar-refractivity contribution in [1.29, 1.82) is 0 Å². The van der Waals surface area contributed by atoms with Crippen molar-refractivity contribution in [3.05, 3.63) is 35.4 Å². The highest BCUT2D eigenvalue weighted by molar-refractivity contribution is 5.71. The Bertz CT molecular complexity index is 359. The molecule has 2 rings (SSSR count). The Morgan fingerprint density at radius 2 is 2.07 bits per heavy atom. The Labute approximate surface area is 82.0 Å². The predicted molar refractivity (Wildman–Crippen MR) is 50.8 cm³/mol. The lowest BCUT2D eigenvalue weighted by molar-refractivity contribution is -0.143. The number of rotatable bonds is 1. The van der Waals surface area contributed by atoms with Gasteiger partial charge in [-0.1, -0.05) is 24.3 Å². The molecule has 0 amide bonds. The van der Waals surface area contributed by atoms with Gasteiger partial charge in [0.05, 0.1) is 12.0 Å². The molecule has 1 aliphatic carbocycles. The molecule has 14 heavy (non-hydrogen) atoms. The van der Waals surface area contributed by atoms with Gasteiger partial charge in [0.1, 0.15) is 0 Å². The Morgan fingerprint density at radius 3 is 2.79 bits per heavy atom. The molecule has 1 aromatic carbocycles. The maximum absolute atomic E-state index is 10.8. The van der Waals surface area contributed by atoms with E-state index in [0.717, 1.165) is 11.1 Å². The van der Waals surface area contributed by atoms with Gasteiger partial charge in [0, 0.05) is 0 Å². The number of aliphatic hydroxyl groups excluding tert-OH is 1. The molecule has 1 aliphatic rings. The molecule has 2 N–H and O–H groups in total. The molecule has 1 aromatic rings. The van der Waals surface area contributed by atoms with E-state index in [1.165, 1.54) is 0 Å². The van der Waals surface area contributed by atoms with E-state index in [9.17, 15) is 9.90 Å². The van der Waals surface area contributed by atoms with Gasteiger partial charge in [0.15, 0.2) is 0 Å². The minimum Gasteiger partial charge on any atom is -0.481 e. The fraction of sp³-hybridized carbons (Fsp3) is 0.364. The Balaban J connectivity index is 2.33. The molecule has 74 valence electrons. The minimum absolute atomic E-state index is 0.326. The van der Waals surface area contributed by atoms with Gasteiger partial charge >= 0.3 is 5.97 Å². The Morgan fingerprint density at radius 1 is 1.36 bits per heavy atom. The molecule has 0 aromatic heterocycles. The first kappa shape index (κ1) is 9.21. The number of carbonyl (C=O) groups is 1. The van der Waals surface area contributed by atoms with E-state index in [4.69, 9.17) is 5.11 Å². The number of aliphatic carboxylic acids is 1. The summed E-state index contributed by atoms with van der Waals surface area (Å²) in [6.45, 7) is 0. The maximum atomic E-state index is 10.8. The van der Waals surface area contributed by atoms with Crippen LogP contribution in [0, 0.1) is 5.92 Å². The molecule has 3 nitrogen and oxygen atoms in total. The highest BCUT2D eigenvalue weighted by Gasteiger charge is 2.29. The van der Waals surface area contributed by atoms with Crippen molar-refractivity contribution in [3.63, 3.8) is 0 Å². The molecular weight excluding hydrogens is 180 g/mol. The zero-order chi connectivity index (χ0) is 10.1. The lowest BCUT2D eigenvalue weighted by atomic mass is 9.82. The molecule has 0 fully saturated rings. The van der Waals surface area contributed by atoms with Crippen molar-refractivity contribution in [1.82, 2.24) is 0 Å². The second kappa shape index (κ2) is 3.42. The summed E-state index contributed by atoms with van der Waals surface area (Å²) >= 11 is 0. The van der Waals surface area contributed by atoms with Gasteiger partial charge in [-0.05, 0) is 24.0 Å². The van der Waals surface area contributed by atoms with Crippen molar-refractivity contribution in [2.24, 2.45) is 5.92 Å². The van der Waals surface area contributed by atoms with Crippen LogP contribution in [0.2, 0.25) is 0 Å². The van der Waals surface area contributed by atoms with Crippen LogP contribution in [0.3, 0.4) is 0 Å². The van der Waals surface area contributed by atoms with Crippen LogP contribution in [0.5, 0.6) is 0 Å². The van der Waals surface area contributed by atoms with Gasteiger partial charge in [0.2, 0.25) is 0 Å². The van der Waals surface area contributed by atoms with Crippen LogP contribution in [0.25, 0.3) is 0 Å². The Kier molecular flexibility index (Phi) is 2.25. The maximum Gasteiger partial charge on any atom is 0.306 e. The SMILES string of the molecule is O=C(O)[C@H]1Cc2ccccc2[C@H](O)C1. The third-order valence-corrected chi connectivity index (χ3v) is 2.74. The van der Waals surface area contributed by atoms with Gasteiger partial charge in [-0.15, -0.1) is 0 Å².